The number of hydrogen-bond acceptors (Lipinski definition) is 5. The number of benzene rings is 2. The zero-order valence-corrected chi connectivity index (χ0v) is 19.0. The van der Waals surface area contributed by atoms with E-state index in [-0.39, 0.29) is 37.8 Å². The van der Waals surface area contributed by atoms with Crippen molar-refractivity contribution in [1.29, 1.82) is 0 Å². The van der Waals surface area contributed by atoms with Crippen LogP contribution < -0.4 is 5.32 Å². The number of nitrogens with zero attached hydrogens (tertiary/aromatic N) is 3. The number of hydrogen-bond donors (Lipinski definition) is 1. The standard InChI is InChI=1S/C26H22F4N4O2/c27-22-9-2-1-7-20(22)15-34(14-18-5-3-8-21(11-18)26(28,29)30)16-24-33-23(17-36-24)25(35)32-13-19-6-4-10-31-12-19/h1-12,17H,13-16H2,(H,32,35). The van der Waals surface area contributed by atoms with E-state index in [1.165, 1.54) is 18.4 Å². The van der Waals surface area contributed by atoms with Gasteiger partial charge in [0, 0.05) is 37.6 Å². The third kappa shape index (κ3) is 6.76. The third-order valence-corrected chi connectivity index (χ3v) is 5.33. The Morgan fingerprint density at radius 2 is 1.78 bits per heavy atom. The Labute approximate surface area is 204 Å². The Kier molecular flexibility index (Phi) is 7.74. The predicted molar refractivity (Wildman–Crippen MR) is 123 cm³/mol. The molecule has 10 heteroatoms. The number of halogens is 4. The number of oxazole rings is 1. The number of nitrogens with one attached hydrogen (secondary N) is 1. The van der Waals surface area contributed by atoms with Crippen molar-refractivity contribution in [3.05, 3.63) is 119 Å². The molecule has 1 N–H and O–H groups in total. The van der Waals surface area contributed by atoms with Gasteiger partial charge in [0.05, 0.1) is 12.1 Å². The van der Waals surface area contributed by atoms with Gasteiger partial charge in [-0.25, -0.2) is 9.37 Å². The minimum atomic E-state index is -4.48. The zero-order valence-electron chi connectivity index (χ0n) is 19.0. The van der Waals surface area contributed by atoms with Crippen LogP contribution >= 0.6 is 0 Å². The third-order valence-electron chi connectivity index (χ3n) is 5.33. The second-order valence-electron chi connectivity index (χ2n) is 8.11. The molecule has 2 aromatic carbocycles. The number of pyridine rings is 1. The summed E-state index contributed by atoms with van der Waals surface area (Å²) in [6.07, 6.45) is -0.0168. The van der Waals surface area contributed by atoms with Crippen molar-refractivity contribution in [2.45, 2.75) is 32.4 Å². The first-order chi connectivity index (χ1) is 17.3. The molecule has 2 aromatic heterocycles. The molecular formula is C26H22F4N4O2. The fraction of sp³-hybridized carbons (Fsp3) is 0.192. The highest BCUT2D eigenvalue weighted by molar-refractivity contribution is 5.91. The summed E-state index contributed by atoms with van der Waals surface area (Å²) >= 11 is 0. The highest BCUT2D eigenvalue weighted by Gasteiger charge is 2.30. The summed E-state index contributed by atoms with van der Waals surface area (Å²) in [6, 6.07) is 14.7. The summed E-state index contributed by atoms with van der Waals surface area (Å²) < 4.78 is 59.3. The highest BCUT2D eigenvalue weighted by Crippen LogP contribution is 2.30. The maximum Gasteiger partial charge on any atom is 0.416 e. The summed E-state index contributed by atoms with van der Waals surface area (Å²) in [7, 11) is 0. The number of aromatic nitrogens is 2. The lowest BCUT2D eigenvalue weighted by molar-refractivity contribution is -0.137. The highest BCUT2D eigenvalue weighted by atomic mass is 19.4. The van der Waals surface area contributed by atoms with Crippen LogP contribution in [0, 0.1) is 5.82 Å². The molecule has 36 heavy (non-hydrogen) atoms. The first-order valence-corrected chi connectivity index (χ1v) is 11.0. The Hall–Kier alpha value is -4.05. The Morgan fingerprint density at radius 3 is 2.53 bits per heavy atom. The van der Waals surface area contributed by atoms with Gasteiger partial charge in [0.2, 0.25) is 5.89 Å². The van der Waals surface area contributed by atoms with Crippen LogP contribution in [0.15, 0.2) is 83.7 Å². The van der Waals surface area contributed by atoms with Gasteiger partial charge in [0.15, 0.2) is 5.69 Å². The second-order valence-corrected chi connectivity index (χ2v) is 8.11. The van der Waals surface area contributed by atoms with E-state index in [0.29, 0.717) is 11.1 Å². The van der Waals surface area contributed by atoms with Crippen molar-refractivity contribution in [2.24, 2.45) is 0 Å². The number of alkyl halides is 3. The summed E-state index contributed by atoms with van der Waals surface area (Å²) in [5.74, 6) is -0.716. The van der Waals surface area contributed by atoms with E-state index in [9.17, 15) is 22.4 Å². The van der Waals surface area contributed by atoms with Crippen LogP contribution in [0.5, 0.6) is 0 Å². The van der Waals surface area contributed by atoms with E-state index in [0.717, 1.165) is 17.7 Å². The SMILES string of the molecule is O=C(NCc1cccnc1)c1coc(CN(Cc2cccc(C(F)(F)F)c2)Cc2ccccc2F)n1. The van der Waals surface area contributed by atoms with Gasteiger partial charge in [-0.05, 0) is 29.3 Å². The van der Waals surface area contributed by atoms with Crippen molar-refractivity contribution in [2.75, 3.05) is 0 Å². The maximum absolute atomic E-state index is 14.3. The van der Waals surface area contributed by atoms with Gasteiger partial charge < -0.3 is 9.73 Å². The average Bonchev–Trinajstić information content (AvgIpc) is 3.33. The lowest BCUT2D eigenvalue weighted by Crippen LogP contribution is -2.24. The zero-order chi connectivity index (χ0) is 25.5. The molecule has 2 heterocycles. The van der Waals surface area contributed by atoms with Gasteiger partial charge in [-0.3, -0.25) is 14.7 Å². The molecule has 0 spiro atoms. The minimum absolute atomic E-state index is 0.0421. The molecule has 0 aliphatic heterocycles. The smallest absolute Gasteiger partial charge is 0.416 e. The van der Waals surface area contributed by atoms with Crippen molar-refractivity contribution < 1.29 is 26.8 Å². The molecule has 0 bridgehead atoms. The summed E-state index contributed by atoms with van der Waals surface area (Å²) in [4.78, 5) is 22.3. The summed E-state index contributed by atoms with van der Waals surface area (Å²) in [5.41, 5.74) is 0.854. The van der Waals surface area contributed by atoms with Crippen LogP contribution in [0.4, 0.5) is 17.6 Å². The lowest BCUT2D eigenvalue weighted by Gasteiger charge is -2.22. The first-order valence-electron chi connectivity index (χ1n) is 11.0. The van der Waals surface area contributed by atoms with Gasteiger partial charge >= 0.3 is 6.18 Å². The molecule has 186 valence electrons. The maximum atomic E-state index is 14.3. The molecule has 0 saturated heterocycles. The van der Waals surface area contributed by atoms with E-state index in [1.807, 2.05) is 6.07 Å². The Morgan fingerprint density at radius 1 is 0.972 bits per heavy atom. The molecule has 4 rings (SSSR count). The molecule has 1 amide bonds. The number of rotatable bonds is 9. The molecule has 0 aliphatic rings. The van der Waals surface area contributed by atoms with E-state index >= 15 is 0 Å². The predicted octanol–water partition coefficient (Wildman–Crippen LogP) is 5.36. The second kappa shape index (κ2) is 11.1. The molecular weight excluding hydrogens is 476 g/mol. The Bertz CT molecular complexity index is 1310. The molecule has 4 aromatic rings. The van der Waals surface area contributed by atoms with Crippen molar-refractivity contribution in [3.8, 4) is 0 Å². The van der Waals surface area contributed by atoms with Crippen LogP contribution in [0.2, 0.25) is 0 Å². The van der Waals surface area contributed by atoms with E-state index < -0.39 is 23.5 Å². The molecule has 0 atom stereocenters. The molecule has 0 fully saturated rings. The van der Waals surface area contributed by atoms with Gasteiger partial charge in [0.25, 0.3) is 5.91 Å². The van der Waals surface area contributed by atoms with Crippen molar-refractivity contribution >= 4 is 5.91 Å². The number of amides is 1. The molecule has 6 nitrogen and oxygen atoms in total. The quantitative estimate of drug-likeness (QED) is 0.315. The molecule has 0 radical (unpaired) electrons. The molecule has 0 unspecified atom stereocenters. The minimum Gasteiger partial charge on any atom is -0.447 e. The van der Waals surface area contributed by atoms with Gasteiger partial charge in [-0.15, -0.1) is 0 Å². The largest absolute Gasteiger partial charge is 0.447 e. The fourth-order valence-electron chi connectivity index (χ4n) is 3.59. The average molecular weight is 498 g/mol. The van der Waals surface area contributed by atoms with Crippen LogP contribution in [-0.4, -0.2) is 20.8 Å². The normalized spacial score (nSPS) is 11.6. The van der Waals surface area contributed by atoms with Crippen molar-refractivity contribution in [1.82, 2.24) is 20.2 Å². The van der Waals surface area contributed by atoms with Crippen LogP contribution in [-0.2, 0) is 32.4 Å². The van der Waals surface area contributed by atoms with Crippen LogP contribution in [0.3, 0.4) is 0 Å². The topological polar surface area (TPSA) is 71.3 Å². The lowest BCUT2D eigenvalue weighted by atomic mass is 10.1. The van der Waals surface area contributed by atoms with Gasteiger partial charge in [-0.2, -0.15) is 13.2 Å². The summed E-state index contributed by atoms with van der Waals surface area (Å²) in [5, 5.41) is 2.72. The fourth-order valence-corrected chi connectivity index (χ4v) is 3.59. The first kappa shape index (κ1) is 25.1. The Balaban J connectivity index is 1.49. The van der Waals surface area contributed by atoms with E-state index in [2.05, 4.69) is 15.3 Å². The monoisotopic (exact) mass is 498 g/mol. The van der Waals surface area contributed by atoms with E-state index in [1.54, 1.807) is 47.6 Å². The summed E-state index contributed by atoms with van der Waals surface area (Å²) in [6.45, 7) is 0.460. The number of carbonyl (C=O) groups is 1. The van der Waals surface area contributed by atoms with Crippen LogP contribution in [0.25, 0.3) is 0 Å². The van der Waals surface area contributed by atoms with Gasteiger partial charge in [-0.1, -0.05) is 42.5 Å². The molecule has 0 saturated carbocycles. The number of carbonyl (C=O) groups excluding carboxylic acids is 1. The van der Waals surface area contributed by atoms with E-state index in [4.69, 9.17) is 4.42 Å². The molecule has 0 aliphatic carbocycles. The van der Waals surface area contributed by atoms with Gasteiger partial charge in [0.1, 0.15) is 12.1 Å². The van der Waals surface area contributed by atoms with Crippen molar-refractivity contribution in [3.63, 3.8) is 0 Å². The van der Waals surface area contributed by atoms with Crippen LogP contribution in [0.1, 0.15) is 38.6 Å².